The monoisotopic (exact) mass is 311 g/mol. The second kappa shape index (κ2) is 5.56. The maximum atomic E-state index is 5.76. The van der Waals surface area contributed by atoms with Crippen LogP contribution >= 0.6 is 27.3 Å². The highest BCUT2D eigenvalue weighted by atomic mass is 79.9. The summed E-state index contributed by atoms with van der Waals surface area (Å²) in [4.78, 5) is 3.28. The maximum Gasteiger partial charge on any atom is 0.122 e. The summed E-state index contributed by atoms with van der Waals surface area (Å²) in [5, 5.41) is 0. The number of benzene rings is 1. The zero-order valence-corrected chi connectivity index (χ0v) is 12.2. The van der Waals surface area contributed by atoms with E-state index >= 15 is 0 Å². The standard InChI is InChI=1S/C13H14BrNOS/c1-15(2)10-4-3-5-11(8-10)16-9-12-6-7-13(14)17-12/h3-8H,9H2,1-2H3. The van der Waals surface area contributed by atoms with Gasteiger partial charge in [0.05, 0.1) is 3.79 Å². The molecule has 0 saturated heterocycles. The Kier molecular flexibility index (Phi) is 4.07. The van der Waals surface area contributed by atoms with E-state index in [-0.39, 0.29) is 0 Å². The molecule has 0 spiro atoms. The Morgan fingerprint density at radius 1 is 1.24 bits per heavy atom. The van der Waals surface area contributed by atoms with Crippen LogP contribution < -0.4 is 9.64 Å². The molecule has 1 aromatic heterocycles. The van der Waals surface area contributed by atoms with Crippen LogP contribution in [0.25, 0.3) is 0 Å². The van der Waals surface area contributed by atoms with Crippen molar-refractivity contribution in [3.05, 3.63) is 45.1 Å². The zero-order valence-electron chi connectivity index (χ0n) is 9.81. The summed E-state index contributed by atoms with van der Waals surface area (Å²) in [5.41, 5.74) is 1.15. The molecule has 0 N–H and O–H groups in total. The van der Waals surface area contributed by atoms with Gasteiger partial charge in [0.15, 0.2) is 0 Å². The fourth-order valence-corrected chi connectivity index (χ4v) is 2.83. The first kappa shape index (κ1) is 12.5. The smallest absolute Gasteiger partial charge is 0.122 e. The summed E-state index contributed by atoms with van der Waals surface area (Å²) in [5.74, 6) is 0.903. The van der Waals surface area contributed by atoms with Gasteiger partial charge >= 0.3 is 0 Å². The van der Waals surface area contributed by atoms with Gasteiger partial charge in [0, 0.05) is 30.7 Å². The average molecular weight is 312 g/mol. The molecule has 0 saturated carbocycles. The number of nitrogens with zero attached hydrogens (tertiary/aromatic N) is 1. The molecular weight excluding hydrogens is 298 g/mol. The largest absolute Gasteiger partial charge is 0.488 e. The lowest BCUT2D eigenvalue weighted by atomic mass is 10.3. The van der Waals surface area contributed by atoms with Gasteiger partial charge in [0.2, 0.25) is 0 Å². The topological polar surface area (TPSA) is 12.5 Å². The lowest BCUT2D eigenvalue weighted by molar-refractivity contribution is 0.310. The molecule has 0 aliphatic carbocycles. The minimum atomic E-state index is 0.618. The molecule has 4 heteroatoms. The van der Waals surface area contributed by atoms with Gasteiger partial charge < -0.3 is 9.64 Å². The number of ether oxygens (including phenoxy) is 1. The molecule has 1 aromatic carbocycles. The van der Waals surface area contributed by atoms with Crippen LogP contribution in [0.15, 0.2) is 40.2 Å². The van der Waals surface area contributed by atoms with Gasteiger partial charge in [0.1, 0.15) is 12.4 Å². The van der Waals surface area contributed by atoms with Crippen molar-refractivity contribution in [2.45, 2.75) is 6.61 Å². The van der Waals surface area contributed by atoms with Crippen LogP contribution in [-0.4, -0.2) is 14.1 Å². The van der Waals surface area contributed by atoms with E-state index in [9.17, 15) is 0 Å². The van der Waals surface area contributed by atoms with E-state index in [1.807, 2.05) is 38.4 Å². The fraction of sp³-hybridized carbons (Fsp3) is 0.231. The third kappa shape index (κ3) is 3.48. The number of anilines is 1. The maximum absolute atomic E-state index is 5.76. The van der Waals surface area contributed by atoms with E-state index < -0.39 is 0 Å². The molecule has 17 heavy (non-hydrogen) atoms. The molecule has 2 aromatic rings. The van der Waals surface area contributed by atoms with Crippen molar-refractivity contribution in [1.29, 1.82) is 0 Å². The Balaban J connectivity index is 2.01. The summed E-state index contributed by atoms with van der Waals surface area (Å²) in [7, 11) is 4.05. The van der Waals surface area contributed by atoms with Crippen LogP contribution in [0.1, 0.15) is 4.88 Å². The molecule has 2 nitrogen and oxygen atoms in total. The lowest BCUT2D eigenvalue weighted by Crippen LogP contribution is -2.08. The van der Waals surface area contributed by atoms with Gasteiger partial charge in [-0.15, -0.1) is 11.3 Å². The number of thiophene rings is 1. The third-order valence-electron chi connectivity index (χ3n) is 2.34. The number of hydrogen-bond acceptors (Lipinski definition) is 3. The first-order valence-corrected chi connectivity index (χ1v) is 6.90. The average Bonchev–Trinajstić information content (AvgIpc) is 2.73. The molecular formula is C13H14BrNOS. The fourth-order valence-electron chi connectivity index (χ4n) is 1.44. The Labute approximate surface area is 114 Å². The molecule has 0 radical (unpaired) electrons. The van der Waals surface area contributed by atoms with Crippen molar-refractivity contribution in [2.24, 2.45) is 0 Å². The van der Waals surface area contributed by atoms with Gasteiger partial charge in [-0.25, -0.2) is 0 Å². The van der Waals surface area contributed by atoms with Crippen LogP contribution in [-0.2, 0) is 6.61 Å². The van der Waals surface area contributed by atoms with Crippen molar-refractivity contribution >= 4 is 33.0 Å². The minimum absolute atomic E-state index is 0.618. The summed E-state index contributed by atoms with van der Waals surface area (Å²) in [6, 6.07) is 12.2. The van der Waals surface area contributed by atoms with Crippen LogP contribution in [0.3, 0.4) is 0 Å². The van der Waals surface area contributed by atoms with Crippen molar-refractivity contribution in [1.82, 2.24) is 0 Å². The van der Waals surface area contributed by atoms with E-state index in [1.165, 1.54) is 4.88 Å². The van der Waals surface area contributed by atoms with Crippen molar-refractivity contribution < 1.29 is 4.74 Å². The number of halogens is 1. The lowest BCUT2D eigenvalue weighted by Gasteiger charge is -2.13. The predicted molar refractivity (Wildman–Crippen MR) is 77.1 cm³/mol. The van der Waals surface area contributed by atoms with Crippen molar-refractivity contribution in [3.63, 3.8) is 0 Å². The van der Waals surface area contributed by atoms with E-state index in [2.05, 4.69) is 33.0 Å². The molecule has 0 amide bonds. The van der Waals surface area contributed by atoms with Crippen molar-refractivity contribution in [2.75, 3.05) is 19.0 Å². The minimum Gasteiger partial charge on any atom is -0.488 e. The van der Waals surface area contributed by atoms with Crippen LogP contribution in [0, 0.1) is 0 Å². The molecule has 0 fully saturated rings. The predicted octanol–water partition coefficient (Wildman–Crippen LogP) is 4.16. The van der Waals surface area contributed by atoms with Gasteiger partial charge in [-0.05, 0) is 40.2 Å². The number of rotatable bonds is 4. The molecule has 0 atom stereocenters. The van der Waals surface area contributed by atoms with E-state index in [1.54, 1.807) is 11.3 Å². The van der Waals surface area contributed by atoms with Gasteiger partial charge in [0.25, 0.3) is 0 Å². The van der Waals surface area contributed by atoms with Gasteiger partial charge in [-0.2, -0.15) is 0 Å². The second-order valence-corrected chi connectivity index (χ2v) is 6.43. The van der Waals surface area contributed by atoms with Crippen LogP contribution in [0.2, 0.25) is 0 Å². The van der Waals surface area contributed by atoms with E-state index in [0.717, 1.165) is 15.2 Å². The highest BCUT2D eigenvalue weighted by molar-refractivity contribution is 9.11. The molecule has 0 aliphatic heterocycles. The molecule has 90 valence electrons. The van der Waals surface area contributed by atoms with E-state index in [4.69, 9.17) is 4.74 Å². The van der Waals surface area contributed by atoms with Gasteiger partial charge in [-0.1, -0.05) is 6.07 Å². The normalized spacial score (nSPS) is 10.3. The van der Waals surface area contributed by atoms with Gasteiger partial charge in [-0.3, -0.25) is 0 Å². The highest BCUT2D eigenvalue weighted by Crippen LogP contribution is 2.24. The summed E-state index contributed by atoms with van der Waals surface area (Å²) >= 11 is 5.14. The third-order valence-corrected chi connectivity index (χ3v) is 3.94. The molecule has 2 rings (SSSR count). The Hall–Kier alpha value is -1.000. The summed E-state index contributed by atoms with van der Waals surface area (Å²) in [6.07, 6.45) is 0. The molecule has 0 bridgehead atoms. The quantitative estimate of drug-likeness (QED) is 0.841. The summed E-state index contributed by atoms with van der Waals surface area (Å²) in [6.45, 7) is 0.618. The molecule has 1 heterocycles. The van der Waals surface area contributed by atoms with Crippen LogP contribution in [0.4, 0.5) is 5.69 Å². The first-order chi connectivity index (χ1) is 8.15. The molecule has 0 aliphatic rings. The second-order valence-electron chi connectivity index (χ2n) is 3.89. The molecule has 0 unspecified atom stereocenters. The number of hydrogen-bond donors (Lipinski definition) is 0. The van der Waals surface area contributed by atoms with E-state index in [0.29, 0.717) is 6.61 Å². The first-order valence-electron chi connectivity index (χ1n) is 5.29. The Bertz CT molecular complexity index is 496. The van der Waals surface area contributed by atoms with Crippen molar-refractivity contribution in [3.8, 4) is 5.75 Å². The zero-order chi connectivity index (χ0) is 12.3. The highest BCUT2D eigenvalue weighted by Gasteiger charge is 2.01. The Morgan fingerprint density at radius 3 is 2.71 bits per heavy atom. The van der Waals surface area contributed by atoms with Crippen LogP contribution in [0.5, 0.6) is 5.75 Å². The summed E-state index contributed by atoms with van der Waals surface area (Å²) < 4.78 is 6.90. The SMILES string of the molecule is CN(C)c1cccc(OCc2ccc(Br)s2)c1. The Morgan fingerprint density at radius 2 is 2.06 bits per heavy atom.